The van der Waals surface area contributed by atoms with Gasteiger partial charge in [-0.2, -0.15) is 0 Å². The summed E-state index contributed by atoms with van der Waals surface area (Å²) in [6, 6.07) is 6.02. The largest absolute Gasteiger partial charge is 0.493 e. The van der Waals surface area contributed by atoms with Gasteiger partial charge in [0, 0.05) is 17.5 Å². The van der Waals surface area contributed by atoms with Gasteiger partial charge in [0.15, 0.2) is 0 Å². The molecule has 0 spiro atoms. The number of benzene rings is 1. The highest BCUT2D eigenvalue weighted by Crippen LogP contribution is 2.37. The van der Waals surface area contributed by atoms with E-state index in [0.29, 0.717) is 11.8 Å². The Kier molecular flexibility index (Phi) is 2.14. The molecule has 0 fully saturated rings. The van der Waals surface area contributed by atoms with Crippen molar-refractivity contribution in [2.45, 2.75) is 13.3 Å². The molecule has 3 rings (SSSR count). The first-order valence-electron chi connectivity index (χ1n) is 5.13. The molecular formula is C12H10ClNO2. The minimum absolute atomic E-state index is 0.368. The molecule has 0 aliphatic carbocycles. The Bertz CT molecular complexity index is 548. The van der Waals surface area contributed by atoms with E-state index in [-0.39, 0.29) is 0 Å². The Balaban J connectivity index is 2.28. The molecule has 0 atom stereocenters. The number of fused-ring (bicyclic) bond motifs is 3. The molecule has 2 heterocycles. The molecule has 0 radical (unpaired) electrons. The Morgan fingerprint density at radius 2 is 2.25 bits per heavy atom. The lowest BCUT2D eigenvalue weighted by atomic mass is 10.0. The molecule has 0 bridgehead atoms. The van der Waals surface area contributed by atoms with Crippen molar-refractivity contribution in [3.8, 4) is 17.0 Å². The predicted octanol–water partition coefficient (Wildman–Crippen LogP) is 3.24. The van der Waals surface area contributed by atoms with Crippen LogP contribution in [0.15, 0.2) is 22.7 Å². The number of rotatable bonds is 0. The standard InChI is InChI=1S/C12H10ClNO2/c1-7-2-3-10-9(6-7)11-8(4-5-15-10)12(13)16-14-11/h2-3,6H,4-5H2,1H3. The minimum atomic E-state index is 0.368. The molecule has 1 aliphatic rings. The molecule has 82 valence electrons. The maximum Gasteiger partial charge on any atom is 0.229 e. The van der Waals surface area contributed by atoms with E-state index < -0.39 is 0 Å². The Hall–Kier alpha value is -1.48. The summed E-state index contributed by atoms with van der Waals surface area (Å²) in [6.45, 7) is 2.64. The van der Waals surface area contributed by atoms with Crippen molar-refractivity contribution in [1.29, 1.82) is 0 Å². The van der Waals surface area contributed by atoms with Crippen LogP contribution in [0.2, 0.25) is 5.22 Å². The first-order chi connectivity index (χ1) is 7.75. The van der Waals surface area contributed by atoms with Crippen LogP contribution in [0.4, 0.5) is 0 Å². The first-order valence-corrected chi connectivity index (χ1v) is 5.51. The van der Waals surface area contributed by atoms with E-state index in [0.717, 1.165) is 34.6 Å². The molecule has 0 N–H and O–H groups in total. The molecule has 1 aromatic carbocycles. The summed E-state index contributed by atoms with van der Waals surface area (Å²) < 4.78 is 10.7. The Morgan fingerprint density at radius 1 is 1.38 bits per heavy atom. The van der Waals surface area contributed by atoms with Gasteiger partial charge < -0.3 is 9.26 Å². The minimum Gasteiger partial charge on any atom is -0.493 e. The fourth-order valence-corrected chi connectivity index (χ4v) is 2.15. The van der Waals surface area contributed by atoms with E-state index >= 15 is 0 Å². The number of ether oxygens (including phenoxy) is 1. The number of hydrogen-bond acceptors (Lipinski definition) is 3. The number of halogens is 1. The van der Waals surface area contributed by atoms with Gasteiger partial charge in [-0.15, -0.1) is 0 Å². The first kappa shape index (κ1) is 9.73. The zero-order chi connectivity index (χ0) is 11.1. The van der Waals surface area contributed by atoms with Crippen LogP contribution < -0.4 is 4.74 Å². The SMILES string of the molecule is Cc1ccc2c(c1)-c1noc(Cl)c1CCO2. The number of hydrogen-bond donors (Lipinski definition) is 0. The summed E-state index contributed by atoms with van der Waals surface area (Å²) >= 11 is 5.95. The molecule has 0 saturated carbocycles. The lowest BCUT2D eigenvalue weighted by Crippen LogP contribution is -1.98. The predicted molar refractivity (Wildman–Crippen MR) is 60.9 cm³/mol. The van der Waals surface area contributed by atoms with E-state index in [4.69, 9.17) is 20.9 Å². The van der Waals surface area contributed by atoms with Gasteiger partial charge in [-0.3, -0.25) is 0 Å². The summed E-state index contributed by atoms with van der Waals surface area (Å²) in [6.07, 6.45) is 0.728. The molecule has 1 aliphatic heterocycles. The van der Waals surface area contributed by atoms with Crippen molar-refractivity contribution in [3.05, 3.63) is 34.5 Å². The topological polar surface area (TPSA) is 35.3 Å². The fraction of sp³-hybridized carbons (Fsp3) is 0.250. The van der Waals surface area contributed by atoms with Gasteiger partial charge in [-0.05, 0) is 30.7 Å². The maximum atomic E-state index is 5.95. The second kappa shape index (κ2) is 3.52. The molecule has 0 amide bonds. The zero-order valence-electron chi connectivity index (χ0n) is 8.79. The van der Waals surface area contributed by atoms with Crippen LogP contribution in [-0.2, 0) is 6.42 Å². The normalized spacial score (nSPS) is 13.6. The third-order valence-corrected chi connectivity index (χ3v) is 3.04. The van der Waals surface area contributed by atoms with Gasteiger partial charge >= 0.3 is 0 Å². The molecular weight excluding hydrogens is 226 g/mol. The highest BCUT2D eigenvalue weighted by Gasteiger charge is 2.22. The van der Waals surface area contributed by atoms with Gasteiger partial charge in [-0.1, -0.05) is 16.8 Å². The van der Waals surface area contributed by atoms with E-state index in [9.17, 15) is 0 Å². The molecule has 0 unspecified atom stereocenters. The summed E-state index contributed by atoms with van der Waals surface area (Å²) in [5, 5.41) is 4.38. The zero-order valence-corrected chi connectivity index (χ0v) is 9.54. The second-order valence-electron chi connectivity index (χ2n) is 3.88. The van der Waals surface area contributed by atoms with Crippen molar-refractivity contribution in [3.63, 3.8) is 0 Å². The average Bonchev–Trinajstić information content (AvgIpc) is 2.54. The van der Waals surface area contributed by atoms with Gasteiger partial charge in [0.2, 0.25) is 5.22 Å². The number of nitrogens with zero attached hydrogens (tertiary/aromatic N) is 1. The van der Waals surface area contributed by atoms with Crippen LogP contribution >= 0.6 is 11.6 Å². The summed E-state index contributed by atoms with van der Waals surface area (Å²) in [5.41, 5.74) is 3.87. The van der Waals surface area contributed by atoms with Crippen molar-refractivity contribution >= 4 is 11.6 Å². The summed E-state index contributed by atoms with van der Waals surface area (Å²) in [7, 11) is 0. The quantitative estimate of drug-likeness (QED) is 0.703. The van der Waals surface area contributed by atoms with Crippen LogP contribution in [0.1, 0.15) is 11.1 Å². The van der Waals surface area contributed by atoms with E-state index in [1.807, 2.05) is 25.1 Å². The van der Waals surface area contributed by atoms with Crippen molar-refractivity contribution in [2.24, 2.45) is 0 Å². The third-order valence-electron chi connectivity index (χ3n) is 2.74. The van der Waals surface area contributed by atoms with Crippen LogP contribution in [0.5, 0.6) is 5.75 Å². The molecule has 0 saturated heterocycles. The smallest absolute Gasteiger partial charge is 0.229 e. The summed E-state index contributed by atoms with van der Waals surface area (Å²) in [5.74, 6) is 0.842. The van der Waals surface area contributed by atoms with Crippen LogP contribution in [0.25, 0.3) is 11.3 Å². The molecule has 2 aromatic rings. The van der Waals surface area contributed by atoms with Crippen molar-refractivity contribution in [1.82, 2.24) is 5.16 Å². The summed E-state index contributed by atoms with van der Waals surface area (Å²) in [4.78, 5) is 0. The van der Waals surface area contributed by atoms with Crippen LogP contribution in [0, 0.1) is 6.92 Å². The third kappa shape index (κ3) is 1.39. The molecule has 16 heavy (non-hydrogen) atoms. The van der Waals surface area contributed by atoms with Crippen LogP contribution in [0.3, 0.4) is 0 Å². The van der Waals surface area contributed by atoms with Crippen molar-refractivity contribution < 1.29 is 9.26 Å². The Labute approximate surface area is 98.0 Å². The molecule has 3 nitrogen and oxygen atoms in total. The van der Waals surface area contributed by atoms with Gasteiger partial charge in [-0.25, -0.2) is 0 Å². The number of aryl methyl sites for hydroxylation is 1. The lowest BCUT2D eigenvalue weighted by Gasteiger charge is -2.06. The maximum absolute atomic E-state index is 5.95. The van der Waals surface area contributed by atoms with E-state index in [2.05, 4.69) is 5.16 Å². The molecule has 4 heteroatoms. The highest BCUT2D eigenvalue weighted by atomic mass is 35.5. The van der Waals surface area contributed by atoms with E-state index in [1.165, 1.54) is 0 Å². The average molecular weight is 236 g/mol. The second-order valence-corrected chi connectivity index (χ2v) is 4.22. The lowest BCUT2D eigenvalue weighted by molar-refractivity contribution is 0.324. The van der Waals surface area contributed by atoms with Crippen molar-refractivity contribution in [2.75, 3.05) is 6.61 Å². The van der Waals surface area contributed by atoms with E-state index in [1.54, 1.807) is 0 Å². The monoisotopic (exact) mass is 235 g/mol. The van der Waals surface area contributed by atoms with Crippen LogP contribution in [-0.4, -0.2) is 11.8 Å². The Morgan fingerprint density at radius 3 is 3.12 bits per heavy atom. The van der Waals surface area contributed by atoms with Gasteiger partial charge in [0.25, 0.3) is 0 Å². The highest BCUT2D eigenvalue weighted by molar-refractivity contribution is 6.30. The molecule has 1 aromatic heterocycles. The fourth-order valence-electron chi connectivity index (χ4n) is 1.94. The van der Waals surface area contributed by atoms with Gasteiger partial charge in [0.1, 0.15) is 11.4 Å². The number of aromatic nitrogens is 1. The van der Waals surface area contributed by atoms with Gasteiger partial charge in [0.05, 0.1) is 6.61 Å².